The first-order valence-electron chi connectivity index (χ1n) is 10.7. The van der Waals surface area contributed by atoms with Gasteiger partial charge in [0.15, 0.2) is 12.3 Å². The van der Waals surface area contributed by atoms with Crippen molar-refractivity contribution in [2.45, 2.75) is 58.4 Å². The largest absolute Gasteiger partial charge is 0.484 e. The van der Waals surface area contributed by atoms with E-state index >= 15 is 0 Å². The highest BCUT2D eigenvalue weighted by Gasteiger charge is 2.57. The molecule has 0 bridgehead atoms. The molecule has 0 aliphatic carbocycles. The number of aliphatic hydroxyl groups is 1. The zero-order valence-corrected chi connectivity index (χ0v) is 19.4. The van der Waals surface area contributed by atoms with Crippen molar-refractivity contribution in [2.75, 3.05) is 6.61 Å². The molecular formula is C25H29F3N2O3. The lowest BCUT2D eigenvalue weighted by atomic mass is 9.78. The molecule has 0 unspecified atom stereocenters. The van der Waals surface area contributed by atoms with Crippen molar-refractivity contribution in [1.82, 2.24) is 5.01 Å². The summed E-state index contributed by atoms with van der Waals surface area (Å²) in [6.07, 6.45) is -5.54. The lowest BCUT2D eigenvalue weighted by Crippen LogP contribution is -2.56. The van der Waals surface area contributed by atoms with Gasteiger partial charge >= 0.3 is 6.18 Å². The standard InChI is InChI=1S/C25H29F3N2O3/c1-22(2,3)24(32)15-20(25(26,27)28)29-30(24)21(31)16-33-19-13-11-18(12-14-19)23(4,5)17-9-7-6-8-10-17/h6-14,32H,15-16H2,1-5H3/t24-/m0/s1. The lowest BCUT2D eigenvalue weighted by Gasteiger charge is -2.41. The molecule has 0 fully saturated rings. The summed E-state index contributed by atoms with van der Waals surface area (Å²) >= 11 is 0. The van der Waals surface area contributed by atoms with Gasteiger partial charge in [0.2, 0.25) is 0 Å². The molecule has 1 aliphatic heterocycles. The highest BCUT2D eigenvalue weighted by molar-refractivity contribution is 5.94. The van der Waals surface area contributed by atoms with Crippen LogP contribution in [0.2, 0.25) is 0 Å². The fourth-order valence-corrected chi connectivity index (χ4v) is 3.74. The molecule has 1 aliphatic rings. The molecule has 2 aromatic carbocycles. The van der Waals surface area contributed by atoms with Crippen LogP contribution in [0.3, 0.4) is 0 Å². The fraction of sp³-hybridized carbons (Fsp3) is 0.440. The SMILES string of the molecule is CC(C)(c1ccccc1)c1ccc(OCC(=O)N2N=C(C(F)(F)F)C[C@]2(O)C(C)(C)C)cc1. The van der Waals surface area contributed by atoms with E-state index in [4.69, 9.17) is 4.74 Å². The topological polar surface area (TPSA) is 62.1 Å². The highest BCUT2D eigenvalue weighted by Crippen LogP contribution is 2.43. The summed E-state index contributed by atoms with van der Waals surface area (Å²) in [6.45, 7) is 8.29. The summed E-state index contributed by atoms with van der Waals surface area (Å²) in [5.74, 6) is -0.477. The minimum atomic E-state index is -4.74. The zero-order valence-electron chi connectivity index (χ0n) is 19.4. The van der Waals surface area contributed by atoms with E-state index in [2.05, 4.69) is 18.9 Å². The lowest BCUT2D eigenvalue weighted by molar-refractivity contribution is -0.183. The molecular weight excluding hydrogens is 433 g/mol. The van der Waals surface area contributed by atoms with E-state index in [1.165, 1.54) is 0 Å². The molecule has 0 spiro atoms. The Morgan fingerprint density at radius 1 is 1.00 bits per heavy atom. The first-order valence-corrected chi connectivity index (χ1v) is 10.7. The minimum absolute atomic E-state index is 0.253. The third kappa shape index (κ3) is 4.90. The van der Waals surface area contributed by atoms with Crippen LogP contribution in [0.4, 0.5) is 13.2 Å². The molecule has 5 nitrogen and oxygen atoms in total. The maximum atomic E-state index is 13.2. The molecule has 1 N–H and O–H groups in total. The Morgan fingerprint density at radius 3 is 2.06 bits per heavy atom. The van der Waals surface area contributed by atoms with Crippen LogP contribution in [0.15, 0.2) is 59.7 Å². The Hall–Kier alpha value is -2.87. The number of ether oxygens (including phenoxy) is 1. The summed E-state index contributed by atoms with van der Waals surface area (Å²) in [7, 11) is 0. The van der Waals surface area contributed by atoms with Gasteiger partial charge in [-0.05, 0) is 23.3 Å². The smallest absolute Gasteiger partial charge is 0.431 e. The summed E-state index contributed by atoms with van der Waals surface area (Å²) in [5.41, 5.74) is -2.44. The normalized spacial score (nSPS) is 19.4. The summed E-state index contributed by atoms with van der Waals surface area (Å²) in [5, 5.41) is 14.9. The van der Waals surface area contributed by atoms with E-state index in [1.54, 1.807) is 32.9 Å². The second-order valence-electron chi connectivity index (χ2n) is 9.80. The van der Waals surface area contributed by atoms with Crippen LogP contribution in [0.5, 0.6) is 5.75 Å². The monoisotopic (exact) mass is 462 g/mol. The number of carbonyl (C=O) groups is 1. The molecule has 2 aromatic rings. The van der Waals surface area contributed by atoms with Gasteiger partial charge in [0, 0.05) is 17.3 Å². The van der Waals surface area contributed by atoms with Crippen LogP contribution in [0.25, 0.3) is 0 Å². The van der Waals surface area contributed by atoms with Crippen LogP contribution >= 0.6 is 0 Å². The van der Waals surface area contributed by atoms with Crippen molar-refractivity contribution >= 4 is 11.6 Å². The maximum absolute atomic E-state index is 13.2. The van der Waals surface area contributed by atoms with Gasteiger partial charge in [-0.1, -0.05) is 77.1 Å². The number of amides is 1. The van der Waals surface area contributed by atoms with E-state index in [-0.39, 0.29) is 5.41 Å². The molecule has 0 radical (unpaired) electrons. The third-order valence-corrected chi connectivity index (χ3v) is 6.18. The molecule has 0 saturated carbocycles. The molecule has 8 heteroatoms. The van der Waals surface area contributed by atoms with Crippen molar-refractivity contribution < 1.29 is 27.8 Å². The van der Waals surface area contributed by atoms with Crippen LogP contribution in [-0.2, 0) is 10.2 Å². The van der Waals surface area contributed by atoms with Crippen LogP contribution in [0, 0.1) is 5.41 Å². The summed E-state index contributed by atoms with van der Waals surface area (Å²) < 4.78 is 45.2. The van der Waals surface area contributed by atoms with Gasteiger partial charge in [-0.2, -0.15) is 23.3 Å². The second kappa shape index (κ2) is 8.48. The van der Waals surface area contributed by atoms with Gasteiger partial charge < -0.3 is 9.84 Å². The maximum Gasteiger partial charge on any atom is 0.431 e. The Morgan fingerprint density at radius 2 is 1.55 bits per heavy atom. The number of carbonyl (C=O) groups excluding carboxylic acids is 1. The van der Waals surface area contributed by atoms with Crippen LogP contribution in [0.1, 0.15) is 52.2 Å². The zero-order chi connectivity index (χ0) is 24.7. The third-order valence-electron chi connectivity index (χ3n) is 6.18. The predicted molar refractivity (Wildman–Crippen MR) is 120 cm³/mol. The molecule has 1 heterocycles. The Balaban J connectivity index is 1.74. The number of alkyl halides is 3. The van der Waals surface area contributed by atoms with Crippen molar-refractivity contribution in [1.29, 1.82) is 0 Å². The molecule has 0 aromatic heterocycles. The molecule has 1 atom stereocenters. The average Bonchev–Trinajstić information content (AvgIpc) is 3.12. The van der Waals surface area contributed by atoms with E-state index in [1.807, 2.05) is 42.5 Å². The van der Waals surface area contributed by atoms with Crippen molar-refractivity contribution in [3.63, 3.8) is 0 Å². The molecule has 1 amide bonds. The van der Waals surface area contributed by atoms with Gasteiger partial charge in [0.25, 0.3) is 5.91 Å². The highest BCUT2D eigenvalue weighted by atomic mass is 19.4. The summed E-state index contributed by atoms with van der Waals surface area (Å²) in [4.78, 5) is 12.7. The molecule has 0 saturated heterocycles. The number of hydrazone groups is 1. The number of halogens is 3. The van der Waals surface area contributed by atoms with Gasteiger partial charge in [-0.25, -0.2) is 0 Å². The average molecular weight is 463 g/mol. The van der Waals surface area contributed by atoms with Crippen LogP contribution < -0.4 is 4.74 Å². The van der Waals surface area contributed by atoms with Gasteiger partial charge in [-0.3, -0.25) is 4.79 Å². The number of nitrogens with zero attached hydrogens (tertiary/aromatic N) is 2. The van der Waals surface area contributed by atoms with E-state index in [9.17, 15) is 23.1 Å². The number of hydrogen-bond donors (Lipinski definition) is 1. The van der Waals surface area contributed by atoms with E-state index < -0.39 is 42.0 Å². The molecule has 3 rings (SSSR count). The Bertz CT molecular complexity index is 1030. The fourth-order valence-electron chi connectivity index (χ4n) is 3.74. The number of benzene rings is 2. The van der Waals surface area contributed by atoms with Crippen molar-refractivity contribution in [3.05, 3.63) is 65.7 Å². The van der Waals surface area contributed by atoms with Crippen molar-refractivity contribution in [3.8, 4) is 5.75 Å². The van der Waals surface area contributed by atoms with E-state index in [0.717, 1.165) is 11.1 Å². The first kappa shape index (κ1) is 24.8. The summed E-state index contributed by atoms with van der Waals surface area (Å²) in [6, 6.07) is 17.2. The second-order valence-corrected chi connectivity index (χ2v) is 9.80. The van der Waals surface area contributed by atoms with E-state index in [0.29, 0.717) is 10.8 Å². The minimum Gasteiger partial charge on any atom is -0.484 e. The predicted octanol–water partition coefficient (Wildman–Crippen LogP) is 5.28. The quantitative estimate of drug-likeness (QED) is 0.658. The van der Waals surface area contributed by atoms with Crippen LogP contribution in [-0.4, -0.2) is 40.2 Å². The Kier molecular flexibility index (Phi) is 6.37. The number of rotatable bonds is 5. The molecule has 33 heavy (non-hydrogen) atoms. The Labute approximate surface area is 191 Å². The molecule has 178 valence electrons. The number of hydrogen-bond acceptors (Lipinski definition) is 4. The van der Waals surface area contributed by atoms with Gasteiger partial charge in [0.05, 0.1) is 0 Å². The first-order chi connectivity index (χ1) is 15.2. The van der Waals surface area contributed by atoms with Crippen molar-refractivity contribution in [2.24, 2.45) is 10.5 Å². The van der Waals surface area contributed by atoms with Gasteiger partial charge in [-0.15, -0.1) is 0 Å². The van der Waals surface area contributed by atoms with Gasteiger partial charge in [0.1, 0.15) is 11.5 Å².